The van der Waals surface area contributed by atoms with Gasteiger partial charge in [0.15, 0.2) is 0 Å². The van der Waals surface area contributed by atoms with Crippen LogP contribution in [0.5, 0.6) is 34.5 Å². The van der Waals surface area contributed by atoms with Gasteiger partial charge in [-0.05, 0) is 133 Å². The topological polar surface area (TPSA) is 182 Å². The van der Waals surface area contributed by atoms with Crippen LogP contribution in [0, 0.1) is 0 Å². The second-order valence-corrected chi connectivity index (χ2v) is 33.8. The number of urea groups is 3. The van der Waals surface area contributed by atoms with Crippen molar-refractivity contribution in [1.29, 1.82) is 0 Å². The highest BCUT2D eigenvalue weighted by molar-refractivity contribution is 5.75. The fourth-order valence-electron chi connectivity index (χ4n) is 13.7. The van der Waals surface area contributed by atoms with Crippen molar-refractivity contribution < 1.29 is 42.8 Å². The van der Waals surface area contributed by atoms with Crippen molar-refractivity contribution in [2.24, 2.45) is 0 Å². The summed E-state index contributed by atoms with van der Waals surface area (Å²) in [5, 5.41) is 18.4. The van der Waals surface area contributed by atoms with Gasteiger partial charge in [0.25, 0.3) is 0 Å². The summed E-state index contributed by atoms with van der Waals surface area (Å²) in [4.78, 5) is 43.4. The highest BCUT2D eigenvalue weighted by atomic mass is 16.5. The van der Waals surface area contributed by atoms with Crippen LogP contribution in [0.25, 0.3) is 0 Å². The lowest BCUT2D eigenvalue weighted by Crippen LogP contribution is -2.47. The summed E-state index contributed by atoms with van der Waals surface area (Å²) >= 11 is 0. The zero-order valence-electron chi connectivity index (χ0n) is 64.3. The van der Waals surface area contributed by atoms with E-state index in [2.05, 4.69) is 234 Å². The Hall–Kier alpha value is -8.11. The molecule has 0 fully saturated rings. The van der Waals surface area contributed by atoms with E-state index in [1.807, 2.05) is 0 Å². The molecule has 100 heavy (non-hydrogen) atoms. The van der Waals surface area contributed by atoms with Gasteiger partial charge in [0.2, 0.25) is 0 Å². The van der Waals surface area contributed by atoms with Crippen molar-refractivity contribution in [2.75, 3.05) is 100 Å². The molecule has 0 aromatic heterocycles. The predicted molar refractivity (Wildman–Crippen MR) is 404 cm³/mol. The molecule has 16 nitrogen and oxygen atoms in total. The van der Waals surface area contributed by atoms with Crippen molar-refractivity contribution in [1.82, 2.24) is 36.8 Å². The van der Waals surface area contributed by atoms with Crippen LogP contribution in [0.15, 0.2) is 72.8 Å². The van der Waals surface area contributed by atoms with E-state index in [4.69, 9.17) is 28.4 Å². The lowest BCUT2D eigenvalue weighted by atomic mass is 9.79. The normalized spacial score (nSPS) is 16.5. The average Bonchev–Trinajstić information content (AvgIpc) is 0.770. The van der Waals surface area contributed by atoms with E-state index in [-0.39, 0.29) is 90.0 Å². The number of carbonyl (C=O) groups is 3. The summed E-state index contributed by atoms with van der Waals surface area (Å²) in [6, 6.07) is 26.8. The number of methoxy groups -OCH3 is 3. The van der Waals surface area contributed by atoms with Gasteiger partial charge in [0.05, 0.1) is 41.0 Å². The van der Waals surface area contributed by atoms with Crippen LogP contribution in [0.1, 0.15) is 225 Å². The molecule has 6 aromatic carbocycles. The second-order valence-electron chi connectivity index (χ2n) is 33.8. The first-order valence-electron chi connectivity index (χ1n) is 36.2. The van der Waals surface area contributed by atoms with Gasteiger partial charge in [-0.15, -0.1) is 0 Å². The van der Waals surface area contributed by atoms with E-state index < -0.39 is 0 Å². The maximum absolute atomic E-state index is 13.8. The van der Waals surface area contributed by atoms with Crippen LogP contribution in [0.4, 0.5) is 14.4 Å². The molecule has 0 spiro atoms. The molecule has 6 aromatic rings. The first-order valence-corrected chi connectivity index (χ1v) is 36.2. The smallest absolute Gasteiger partial charge is 0.314 e. The van der Waals surface area contributed by atoms with E-state index in [0.29, 0.717) is 77.8 Å². The number of ether oxygens (including phenoxy) is 6. The summed E-state index contributed by atoms with van der Waals surface area (Å²) in [5.74, 6) is 4.54. The van der Waals surface area contributed by atoms with Crippen molar-refractivity contribution in [3.8, 4) is 34.5 Å². The molecule has 1 aliphatic carbocycles. The maximum Gasteiger partial charge on any atom is 0.314 e. The first kappa shape index (κ1) is 76.1. The molecule has 10 rings (SSSR count). The van der Waals surface area contributed by atoms with Crippen molar-refractivity contribution >= 4 is 18.1 Å². The molecule has 0 atom stereocenters. The molecule has 6 amide bonds. The lowest BCUT2D eigenvalue weighted by molar-refractivity contribution is 0.224. The minimum atomic E-state index is -0.339. The molecule has 0 saturated heterocycles. The highest BCUT2D eigenvalue weighted by Gasteiger charge is 2.32. The Morgan fingerprint density at radius 2 is 0.450 bits per heavy atom. The van der Waals surface area contributed by atoms with E-state index in [0.717, 1.165) is 135 Å². The first-order chi connectivity index (χ1) is 46.9. The van der Waals surface area contributed by atoms with Crippen LogP contribution < -0.4 is 60.3 Å². The third-order valence-electron chi connectivity index (χ3n) is 19.6. The Balaban J connectivity index is 1.45. The Bertz CT molecular complexity index is 3390. The fraction of sp³-hybridized carbons (Fsp3) is 0.536. The number of fused-ring (bicyclic) bond motifs is 21. The third kappa shape index (κ3) is 19.1. The van der Waals surface area contributed by atoms with Crippen molar-refractivity contribution in [3.63, 3.8) is 0 Å². The van der Waals surface area contributed by atoms with Crippen LogP contribution in [0.2, 0.25) is 0 Å². The van der Waals surface area contributed by atoms with Crippen LogP contribution >= 0.6 is 0 Å². The molecule has 542 valence electrons. The molecule has 0 unspecified atom stereocenters. The van der Waals surface area contributed by atoms with Crippen LogP contribution in [-0.2, 0) is 71.0 Å². The van der Waals surface area contributed by atoms with E-state index in [1.165, 1.54) is 0 Å². The molecular weight excluding hydrogens is 1250 g/mol. The van der Waals surface area contributed by atoms with Crippen molar-refractivity contribution in [3.05, 3.63) is 173 Å². The van der Waals surface area contributed by atoms with Gasteiger partial charge in [-0.1, -0.05) is 197 Å². The van der Waals surface area contributed by atoms with E-state index in [9.17, 15) is 14.4 Å². The van der Waals surface area contributed by atoms with Gasteiger partial charge >= 0.3 is 18.1 Å². The standard InChI is InChI=1S/C84H117N7O9/c1-79(2,3)64-40-52-34-58-46-67(82(10,11)12)48-60-36-54-42-65(80(4,5)6)44-56(71(54)96-20)38-62-50-69(84(16,17)18)51-63-39-57-45-66(81(7,8)9)43-55(72(57)97-21)37-61-49-68(83(13,14)15)47-59(35-53(41-64)70(52)95-19)74(61)99-32-26-89-77(93)86-23-29-91(28-22-85-76(92)88-25-31-98-73(58)60)30-24-87-78(94)90-27-33-100-75(62)63/h40-51H,22-39H2,1-21H3,(H2,85,88,92)(H2,86,89,93)(H2,87,90,94). The molecule has 0 saturated carbocycles. The number of amides is 6. The Morgan fingerprint density at radius 3 is 0.620 bits per heavy atom. The number of nitrogens with one attached hydrogen (secondary N) is 6. The summed E-state index contributed by atoms with van der Waals surface area (Å²) in [5.41, 5.74) is 17.1. The number of benzene rings is 6. The lowest BCUT2D eigenvalue weighted by Gasteiger charge is -2.29. The van der Waals surface area contributed by atoms with Gasteiger partial charge in [-0.25, -0.2) is 14.4 Å². The zero-order valence-corrected chi connectivity index (χ0v) is 64.3. The van der Waals surface area contributed by atoms with Gasteiger partial charge in [0, 0.05) is 77.8 Å². The number of hydrogen-bond donors (Lipinski definition) is 6. The molecule has 3 heterocycles. The van der Waals surface area contributed by atoms with Crippen LogP contribution in [0.3, 0.4) is 0 Å². The van der Waals surface area contributed by atoms with Crippen LogP contribution in [-0.4, -0.2) is 123 Å². The van der Waals surface area contributed by atoms with Crippen molar-refractivity contribution in [2.45, 2.75) is 196 Å². The molecule has 3 aliphatic heterocycles. The summed E-state index contributed by atoms with van der Waals surface area (Å²) in [7, 11) is 5.34. The Morgan fingerprint density at radius 1 is 0.280 bits per heavy atom. The number of nitrogens with zero attached hydrogens (tertiary/aromatic N) is 1. The van der Waals surface area contributed by atoms with Gasteiger partial charge < -0.3 is 60.3 Å². The Labute approximate surface area is 597 Å². The number of carbonyl (C=O) groups excluding carboxylic acids is 3. The number of hydrogen-bond acceptors (Lipinski definition) is 10. The fourth-order valence-corrected chi connectivity index (χ4v) is 13.7. The summed E-state index contributed by atoms with van der Waals surface area (Å²) in [6.45, 7) is 44.1. The van der Waals surface area contributed by atoms with E-state index >= 15 is 0 Å². The predicted octanol–water partition coefficient (Wildman–Crippen LogP) is 14.7. The minimum Gasteiger partial charge on any atom is -0.496 e. The molecule has 4 aliphatic rings. The minimum absolute atomic E-state index is 0.169. The number of rotatable bonds is 3. The van der Waals surface area contributed by atoms with E-state index in [1.54, 1.807) is 21.3 Å². The molecule has 16 bridgehead atoms. The Kier molecular flexibility index (Phi) is 23.6. The van der Waals surface area contributed by atoms with Gasteiger partial charge in [0.1, 0.15) is 54.3 Å². The monoisotopic (exact) mass is 1370 g/mol. The summed E-state index contributed by atoms with van der Waals surface area (Å²) < 4.78 is 42.1. The molecular formula is C84H117N7O9. The average molecular weight is 1370 g/mol. The summed E-state index contributed by atoms with van der Waals surface area (Å²) in [6.07, 6.45) is 2.70. The maximum atomic E-state index is 13.8. The zero-order chi connectivity index (χ0) is 72.9. The quantitative estimate of drug-likeness (QED) is 0.0996. The highest BCUT2D eigenvalue weighted by Crippen LogP contribution is 2.46. The molecule has 0 radical (unpaired) electrons. The molecule has 16 heteroatoms. The van der Waals surface area contributed by atoms with Gasteiger partial charge in [-0.2, -0.15) is 0 Å². The SMILES string of the molecule is COc1c2cc(C(C)(C)C)cc1Cc1cc(C(C)(C)C)cc3c1OCCNC(=O)NCCN1CCNC(=O)NCCOc4c(cc(C(C)(C)C)cc4Cc4cc(C(C)(C)C)cc(c4OC)Cc4cc(C(C)(C)C)cc(c4OCCNC(=O)NCC1)Cc1cc(C(C)(C)C)cc(c1OC)C3)C2. The second kappa shape index (κ2) is 31.0. The third-order valence-corrected chi connectivity index (χ3v) is 19.6. The largest absolute Gasteiger partial charge is 0.496 e. The van der Waals surface area contributed by atoms with Gasteiger partial charge in [-0.3, -0.25) is 4.90 Å². The molecule has 6 N–H and O–H groups in total.